The largest absolute Gasteiger partial charge is 0.382 e. The lowest BCUT2D eigenvalue weighted by Crippen LogP contribution is -2.01. The van der Waals surface area contributed by atoms with E-state index in [0.29, 0.717) is 5.69 Å². The molecule has 0 saturated carbocycles. The topological polar surface area (TPSA) is 33.1 Å². The van der Waals surface area contributed by atoms with E-state index in [0.717, 1.165) is 5.56 Å². The molecule has 0 aliphatic carbocycles. The van der Waals surface area contributed by atoms with Crippen LogP contribution in [0.4, 0.5) is 0 Å². The molecule has 2 rings (SSSR count). The monoisotopic (exact) mass is 199 g/mol. The fourth-order valence-corrected chi connectivity index (χ4v) is 1.46. The Bertz CT molecular complexity index is 422. The van der Waals surface area contributed by atoms with Crippen LogP contribution in [0.2, 0.25) is 0 Å². The summed E-state index contributed by atoms with van der Waals surface area (Å²) in [5.74, 6) is 0. The molecule has 2 nitrogen and oxygen atoms in total. The average Bonchev–Trinajstić information content (AvgIpc) is 2.30. The van der Waals surface area contributed by atoms with E-state index < -0.39 is 6.10 Å². The molecule has 0 fully saturated rings. The number of aromatic nitrogens is 1. The first-order valence-electron chi connectivity index (χ1n) is 4.93. The van der Waals surface area contributed by atoms with Crippen LogP contribution < -0.4 is 0 Å². The number of benzene rings is 1. The molecular weight excluding hydrogens is 186 g/mol. The molecule has 0 aliphatic heterocycles. The third-order valence-electron chi connectivity index (χ3n) is 2.36. The number of hydrogen-bond acceptors (Lipinski definition) is 2. The number of hydrogen-bond donors (Lipinski definition) is 1. The SMILES string of the molecule is Cc1ccc(C(O)c2ccccn2)cc1. The van der Waals surface area contributed by atoms with E-state index in [4.69, 9.17) is 0 Å². The summed E-state index contributed by atoms with van der Waals surface area (Å²) in [5.41, 5.74) is 2.74. The molecule has 1 heterocycles. The van der Waals surface area contributed by atoms with E-state index in [-0.39, 0.29) is 0 Å². The molecule has 2 aromatic rings. The molecule has 0 saturated heterocycles. The van der Waals surface area contributed by atoms with Crippen LogP contribution in [-0.2, 0) is 0 Å². The van der Waals surface area contributed by atoms with Crippen LogP contribution in [0.1, 0.15) is 22.9 Å². The summed E-state index contributed by atoms with van der Waals surface area (Å²) in [7, 11) is 0. The van der Waals surface area contributed by atoms with Gasteiger partial charge in [-0.1, -0.05) is 35.9 Å². The van der Waals surface area contributed by atoms with Crippen molar-refractivity contribution in [2.45, 2.75) is 13.0 Å². The Labute approximate surface area is 89.2 Å². The maximum Gasteiger partial charge on any atom is 0.121 e. The maximum atomic E-state index is 10.0. The van der Waals surface area contributed by atoms with E-state index in [1.54, 1.807) is 6.20 Å². The van der Waals surface area contributed by atoms with Gasteiger partial charge in [-0.3, -0.25) is 4.98 Å². The summed E-state index contributed by atoms with van der Waals surface area (Å²) in [4.78, 5) is 4.13. The minimum absolute atomic E-state index is 0.633. The lowest BCUT2D eigenvalue weighted by molar-refractivity contribution is 0.215. The molecule has 0 bridgehead atoms. The minimum Gasteiger partial charge on any atom is -0.382 e. The molecule has 0 radical (unpaired) electrons. The first kappa shape index (κ1) is 9.87. The number of aliphatic hydroxyl groups excluding tert-OH is 1. The molecule has 1 atom stereocenters. The summed E-state index contributed by atoms with van der Waals surface area (Å²) in [5, 5.41) is 10.0. The average molecular weight is 199 g/mol. The van der Waals surface area contributed by atoms with Crippen molar-refractivity contribution in [3.63, 3.8) is 0 Å². The molecule has 0 aliphatic rings. The van der Waals surface area contributed by atoms with Crippen LogP contribution in [0.3, 0.4) is 0 Å². The van der Waals surface area contributed by atoms with E-state index in [9.17, 15) is 5.11 Å². The maximum absolute atomic E-state index is 10.0. The van der Waals surface area contributed by atoms with E-state index >= 15 is 0 Å². The third-order valence-corrected chi connectivity index (χ3v) is 2.36. The number of aryl methyl sites for hydroxylation is 1. The van der Waals surface area contributed by atoms with Gasteiger partial charge < -0.3 is 5.11 Å². The molecule has 1 unspecified atom stereocenters. The van der Waals surface area contributed by atoms with Gasteiger partial charge in [-0.15, -0.1) is 0 Å². The Kier molecular flexibility index (Phi) is 2.79. The van der Waals surface area contributed by atoms with Gasteiger partial charge in [0, 0.05) is 6.20 Å². The van der Waals surface area contributed by atoms with Crippen LogP contribution in [0, 0.1) is 6.92 Å². The smallest absolute Gasteiger partial charge is 0.121 e. The van der Waals surface area contributed by atoms with E-state index in [2.05, 4.69) is 4.98 Å². The second-order valence-corrected chi connectivity index (χ2v) is 3.57. The van der Waals surface area contributed by atoms with Crippen molar-refractivity contribution in [2.75, 3.05) is 0 Å². The Morgan fingerprint density at radius 1 is 1.07 bits per heavy atom. The molecule has 0 spiro atoms. The highest BCUT2D eigenvalue weighted by atomic mass is 16.3. The Balaban J connectivity index is 2.29. The predicted octanol–water partition coefficient (Wildman–Crippen LogP) is 2.47. The van der Waals surface area contributed by atoms with Gasteiger partial charge in [-0.25, -0.2) is 0 Å². The zero-order valence-corrected chi connectivity index (χ0v) is 8.59. The normalized spacial score (nSPS) is 12.4. The Morgan fingerprint density at radius 2 is 1.80 bits per heavy atom. The number of rotatable bonds is 2. The standard InChI is InChI=1S/C13H13NO/c1-10-5-7-11(8-6-10)13(15)12-4-2-3-9-14-12/h2-9,13,15H,1H3. The van der Waals surface area contributed by atoms with Crippen molar-refractivity contribution in [2.24, 2.45) is 0 Å². The lowest BCUT2D eigenvalue weighted by atomic mass is 10.0. The molecule has 15 heavy (non-hydrogen) atoms. The van der Waals surface area contributed by atoms with Crippen molar-refractivity contribution >= 4 is 0 Å². The predicted molar refractivity (Wildman–Crippen MR) is 59.5 cm³/mol. The highest BCUT2D eigenvalue weighted by Gasteiger charge is 2.10. The molecular formula is C13H13NO. The van der Waals surface area contributed by atoms with Gasteiger partial charge in [0.1, 0.15) is 6.10 Å². The highest BCUT2D eigenvalue weighted by Crippen LogP contribution is 2.19. The van der Waals surface area contributed by atoms with Crippen molar-refractivity contribution < 1.29 is 5.11 Å². The van der Waals surface area contributed by atoms with Gasteiger partial charge in [0.25, 0.3) is 0 Å². The van der Waals surface area contributed by atoms with Gasteiger partial charge in [0.2, 0.25) is 0 Å². The quantitative estimate of drug-likeness (QED) is 0.806. The zero-order valence-electron chi connectivity index (χ0n) is 8.59. The third kappa shape index (κ3) is 2.22. The highest BCUT2D eigenvalue weighted by molar-refractivity contribution is 5.28. The first-order valence-corrected chi connectivity index (χ1v) is 4.93. The van der Waals surface area contributed by atoms with Gasteiger partial charge in [-0.2, -0.15) is 0 Å². The molecule has 1 N–H and O–H groups in total. The van der Waals surface area contributed by atoms with Crippen LogP contribution >= 0.6 is 0 Å². The molecule has 76 valence electrons. The summed E-state index contributed by atoms with van der Waals surface area (Å²) in [6.07, 6.45) is 1.05. The minimum atomic E-state index is -0.633. The van der Waals surface area contributed by atoms with Gasteiger partial charge >= 0.3 is 0 Å². The van der Waals surface area contributed by atoms with E-state index in [1.807, 2.05) is 49.4 Å². The zero-order chi connectivity index (χ0) is 10.7. The van der Waals surface area contributed by atoms with Crippen molar-refractivity contribution in [3.05, 3.63) is 65.5 Å². The summed E-state index contributed by atoms with van der Waals surface area (Å²) >= 11 is 0. The Morgan fingerprint density at radius 3 is 2.40 bits per heavy atom. The first-order chi connectivity index (χ1) is 7.27. The summed E-state index contributed by atoms with van der Waals surface area (Å²) in [6.45, 7) is 2.02. The van der Waals surface area contributed by atoms with E-state index in [1.165, 1.54) is 5.56 Å². The number of aliphatic hydroxyl groups is 1. The van der Waals surface area contributed by atoms with Gasteiger partial charge in [0.05, 0.1) is 5.69 Å². The second kappa shape index (κ2) is 4.24. The number of pyridine rings is 1. The molecule has 1 aromatic carbocycles. The molecule has 2 heteroatoms. The summed E-state index contributed by atoms with van der Waals surface area (Å²) in [6, 6.07) is 13.4. The number of nitrogens with zero attached hydrogens (tertiary/aromatic N) is 1. The van der Waals surface area contributed by atoms with Gasteiger partial charge in [-0.05, 0) is 24.6 Å². The molecule has 0 amide bonds. The second-order valence-electron chi connectivity index (χ2n) is 3.57. The van der Waals surface area contributed by atoms with Crippen molar-refractivity contribution in [1.29, 1.82) is 0 Å². The lowest BCUT2D eigenvalue weighted by Gasteiger charge is -2.10. The molecule has 1 aromatic heterocycles. The van der Waals surface area contributed by atoms with Crippen LogP contribution in [-0.4, -0.2) is 10.1 Å². The Hall–Kier alpha value is -1.67. The fourth-order valence-electron chi connectivity index (χ4n) is 1.46. The van der Waals surface area contributed by atoms with Crippen LogP contribution in [0.5, 0.6) is 0 Å². The van der Waals surface area contributed by atoms with Crippen molar-refractivity contribution in [3.8, 4) is 0 Å². The van der Waals surface area contributed by atoms with Gasteiger partial charge in [0.15, 0.2) is 0 Å². The van der Waals surface area contributed by atoms with Crippen LogP contribution in [0.15, 0.2) is 48.7 Å². The summed E-state index contributed by atoms with van der Waals surface area (Å²) < 4.78 is 0. The van der Waals surface area contributed by atoms with Crippen LogP contribution in [0.25, 0.3) is 0 Å². The van der Waals surface area contributed by atoms with Crippen molar-refractivity contribution in [1.82, 2.24) is 4.98 Å². The fraction of sp³-hybridized carbons (Fsp3) is 0.154.